The van der Waals surface area contributed by atoms with Gasteiger partial charge in [0.1, 0.15) is 18.5 Å². The van der Waals surface area contributed by atoms with Gasteiger partial charge in [0.15, 0.2) is 23.0 Å². The number of aromatic nitrogens is 4. The minimum absolute atomic E-state index is 0.228. The molecule has 4 rings (SSSR count). The van der Waals surface area contributed by atoms with Crippen molar-refractivity contribution in [1.29, 1.82) is 0 Å². The second-order valence-corrected chi connectivity index (χ2v) is 7.51. The number of hydrogen-bond donors (Lipinski definition) is 1. The number of carbonyl (C=O) groups excluding carboxylic acids is 1. The first-order valence-corrected chi connectivity index (χ1v) is 10.6. The SMILES string of the molecule is COc1cc(C(=O)OCCCn2cnc3c(N)ncnc32)ccc1OCc1ccccc1Cl. The molecule has 0 unspecified atom stereocenters. The normalized spacial score (nSPS) is 10.8. The molecule has 0 aliphatic heterocycles. The number of imidazole rings is 1. The number of nitrogens with zero attached hydrogens (tertiary/aromatic N) is 4. The first-order chi connectivity index (χ1) is 16.1. The lowest BCUT2D eigenvalue weighted by Crippen LogP contribution is -2.09. The number of halogens is 1. The van der Waals surface area contributed by atoms with Crippen molar-refractivity contribution in [3.05, 3.63) is 71.3 Å². The Morgan fingerprint density at radius 1 is 1.12 bits per heavy atom. The number of benzene rings is 2. The highest BCUT2D eigenvalue weighted by atomic mass is 35.5. The number of carbonyl (C=O) groups is 1. The molecule has 2 N–H and O–H groups in total. The van der Waals surface area contributed by atoms with E-state index in [9.17, 15) is 4.79 Å². The molecule has 2 aromatic heterocycles. The van der Waals surface area contributed by atoms with Crippen molar-refractivity contribution in [1.82, 2.24) is 19.5 Å². The first kappa shape index (κ1) is 22.3. The molecule has 0 saturated heterocycles. The zero-order chi connectivity index (χ0) is 23.2. The van der Waals surface area contributed by atoms with Gasteiger partial charge in [-0.05, 0) is 30.7 Å². The molecule has 9 nitrogen and oxygen atoms in total. The Kier molecular flexibility index (Phi) is 6.89. The van der Waals surface area contributed by atoms with Crippen LogP contribution in [0.1, 0.15) is 22.3 Å². The van der Waals surface area contributed by atoms with Crippen molar-refractivity contribution >= 4 is 34.6 Å². The molecule has 4 aromatic rings. The molecule has 0 fully saturated rings. The van der Waals surface area contributed by atoms with Crippen molar-refractivity contribution in [2.24, 2.45) is 0 Å². The van der Waals surface area contributed by atoms with Crippen LogP contribution in [0.15, 0.2) is 55.1 Å². The number of ether oxygens (including phenoxy) is 3. The van der Waals surface area contributed by atoms with E-state index in [1.165, 1.54) is 13.4 Å². The molecule has 0 atom stereocenters. The number of nitrogen functional groups attached to an aromatic ring is 1. The van der Waals surface area contributed by atoms with Crippen LogP contribution < -0.4 is 15.2 Å². The van der Waals surface area contributed by atoms with Crippen LogP contribution in [-0.2, 0) is 17.9 Å². The quantitative estimate of drug-likeness (QED) is 0.291. The number of nitrogens with two attached hydrogens (primary N) is 1. The summed E-state index contributed by atoms with van der Waals surface area (Å²) in [7, 11) is 1.51. The number of methoxy groups -OCH3 is 1. The Bertz CT molecular complexity index is 1280. The van der Waals surface area contributed by atoms with Gasteiger partial charge in [-0.15, -0.1) is 0 Å². The maximum Gasteiger partial charge on any atom is 0.338 e. The second kappa shape index (κ2) is 10.2. The van der Waals surface area contributed by atoms with E-state index in [1.807, 2.05) is 22.8 Å². The van der Waals surface area contributed by atoms with Gasteiger partial charge in [-0.3, -0.25) is 0 Å². The molecule has 10 heteroatoms. The summed E-state index contributed by atoms with van der Waals surface area (Å²) in [5, 5.41) is 0.622. The first-order valence-electron chi connectivity index (χ1n) is 10.2. The van der Waals surface area contributed by atoms with Gasteiger partial charge < -0.3 is 24.5 Å². The van der Waals surface area contributed by atoms with Crippen LogP contribution in [-0.4, -0.2) is 39.2 Å². The fourth-order valence-corrected chi connectivity index (χ4v) is 3.42. The lowest BCUT2D eigenvalue weighted by Gasteiger charge is -2.13. The zero-order valence-electron chi connectivity index (χ0n) is 17.9. The molecule has 0 spiro atoms. The van der Waals surface area contributed by atoms with Crippen LogP contribution in [0, 0.1) is 0 Å². The molecule has 170 valence electrons. The number of hydrogen-bond acceptors (Lipinski definition) is 8. The van der Waals surface area contributed by atoms with Gasteiger partial charge in [0.2, 0.25) is 0 Å². The summed E-state index contributed by atoms with van der Waals surface area (Å²) < 4.78 is 18.5. The summed E-state index contributed by atoms with van der Waals surface area (Å²) in [6.07, 6.45) is 3.62. The third-order valence-corrected chi connectivity index (χ3v) is 5.32. The van der Waals surface area contributed by atoms with E-state index < -0.39 is 5.97 Å². The zero-order valence-corrected chi connectivity index (χ0v) is 18.7. The number of fused-ring (bicyclic) bond motifs is 1. The molecular weight excluding hydrogens is 446 g/mol. The van der Waals surface area contributed by atoms with Crippen molar-refractivity contribution in [3.63, 3.8) is 0 Å². The molecule has 33 heavy (non-hydrogen) atoms. The fraction of sp³-hybridized carbons (Fsp3) is 0.217. The summed E-state index contributed by atoms with van der Waals surface area (Å²) in [6.45, 7) is 1.07. The molecule has 0 aliphatic rings. The monoisotopic (exact) mass is 467 g/mol. The van der Waals surface area contributed by atoms with Gasteiger partial charge in [0.25, 0.3) is 0 Å². The highest BCUT2D eigenvalue weighted by Gasteiger charge is 2.14. The van der Waals surface area contributed by atoms with Crippen LogP contribution in [0.4, 0.5) is 5.82 Å². The predicted octanol–water partition coefficient (Wildman–Crippen LogP) is 3.90. The summed E-state index contributed by atoms with van der Waals surface area (Å²) in [5.41, 5.74) is 8.21. The van der Waals surface area contributed by atoms with Crippen LogP contribution in [0.3, 0.4) is 0 Å². The Morgan fingerprint density at radius 3 is 2.79 bits per heavy atom. The summed E-state index contributed by atoms with van der Waals surface area (Å²) >= 11 is 6.17. The average Bonchev–Trinajstić information content (AvgIpc) is 3.25. The van der Waals surface area contributed by atoms with Crippen LogP contribution in [0.2, 0.25) is 5.02 Å². The topological polar surface area (TPSA) is 114 Å². The standard InChI is InChI=1S/C23H22ClN5O4/c1-31-19-11-15(7-8-18(19)33-12-16-5-2-3-6-17(16)24)23(30)32-10-4-9-29-14-28-20-21(25)26-13-27-22(20)29/h2-3,5-8,11,13-14H,4,9-10,12H2,1H3,(H2,25,26,27). The van der Waals surface area contributed by atoms with Gasteiger partial charge in [-0.1, -0.05) is 29.8 Å². The molecule has 0 bridgehead atoms. The van der Waals surface area contributed by atoms with E-state index in [-0.39, 0.29) is 13.2 Å². The van der Waals surface area contributed by atoms with Crippen molar-refractivity contribution in [2.45, 2.75) is 19.6 Å². The number of anilines is 1. The van der Waals surface area contributed by atoms with Crippen molar-refractivity contribution in [2.75, 3.05) is 19.5 Å². The van der Waals surface area contributed by atoms with Gasteiger partial charge in [-0.2, -0.15) is 0 Å². The maximum atomic E-state index is 12.5. The van der Waals surface area contributed by atoms with E-state index in [0.29, 0.717) is 52.0 Å². The van der Waals surface area contributed by atoms with E-state index >= 15 is 0 Å². The van der Waals surface area contributed by atoms with Crippen LogP contribution in [0.5, 0.6) is 11.5 Å². The molecule has 0 amide bonds. The predicted molar refractivity (Wildman–Crippen MR) is 123 cm³/mol. The number of rotatable bonds is 9. The maximum absolute atomic E-state index is 12.5. The molecular formula is C23H22ClN5O4. The minimum atomic E-state index is -0.451. The molecule has 2 heterocycles. The Balaban J connectivity index is 1.32. The highest BCUT2D eigenvalue weighted by Crippen LogP contribution is 2.30. The van der Waals surface area contributed by atoms with E-state index in [2.05, 4.69) is 15.0 Å². The molecule has 0 aliphatic carbocycles. The van der Waals surface area contributed by atoms with Crippen molar-refractivity contribution in [3.8, 4) is 11.5 Å². The lowest BCUT2D eigenvalue weighted by atomic mass is 10.2. The third-order valence-electron chi connectivity index (χ3n) is 4.95. The third kappa shape index (κ3) is 5.15. The van der Waals surface area contributed by atoms with Gasteiger partial charge >= 0.3 is 5.97 Å². The smallest absolute Gasteiger partial charge is 0.338 e. The highest BCUT2D eigenvalue weighted by molar-refractivity contribution is 6.31. The molecule has 0 radical (unpaired) electrons. The molecule has 0 saturated carbocycles. The largest absolute Gasteiger partial charge is 0.493 e. The fourth-order valence-electron chi connectivity index (χ4n) is 3.23. The number of esters is 1. The Morgan fingerprint density at radius 2 is 1.97 bits per heavy atom. The average molecular weight is 468 g/mol. The Hall–Kier alpha value is -3.85. The van der Waals surface area contributed by atoms with E-state index in [4.69, 9.17) is 31.5 Å². The van der Waals surface area contributed by atoms with Crippen LogP contribution >= 0.6 is 11.6 Å². The number of aryl methyl sites for hydroxylation is 1. The van der Waals surface area contributed by atoms with Crippen LogP contribution in [0.25, 0.3) is 11.2 Å². The summed E-state index contributed by atoms with van der Waals surface area (Å²) in [5.74, 6) is 0.812. The second-order valence-electron chi connectivity index (χ2n) is 7.10. The molecule has 2 aromatic carbocycles. The summed E-state index contributed by atoms with van der Waals surface area (Å²) in [4.78, 5) is 24.8. The summed E-state index contributed by atoms with van der Waals surface area (Å²) in [6, 6.07) is 12.3. The Labute approximate surface area is 195 Å². The van der Waals surface area contributed by atoms with Crippen molar-refractivity contribution < 1.29 is 19.0 Å². The lowest BCUT2D eigenvalue weighted by molar-refractivity contribution is 0.0496. The minimum Gasteiger partial charge on any atom is -0.493 e. The van der Waals surface area contributed by atoms with Gasteiger partial charge in [-0.25, -0.2) is 19.7 Å². The van der Waals surface area contributed by atoms with Gasteiger partial charge in [0.05, 0.1) is 25.6 Å². The van der Waals surface area contributed by atoms with E-state index in [1.54, 1.807) is 30.6 Å². The van der Waals surface area contributed by atoms with Gasteiger partial charge in [0, 0.05) is 17.1 Å². The van der Waals surface area contributed by atoms with E-state index in [0.717, 1.165) is 5.56 Å².